The molecule has 94 heavy (non-hydrogen) atoms. The standard InChI is InChI=1S/2C8H12N2O4.2C8H9NO4.2C7H11N3O2.C5H10N4.CO2.2CH4.2K.2H/c2*1-2-13-8(12)6(5-9)7(10)14-4-3-11;2*1-2-11-7(10)6(5-9)8-12-3-4-13-8;2*1-2-12-7(11)5(3-8)6(10)4-9;1-2-3-4(6)8-9-5(3)7;2-1-3;;;;;;/h2*11H,2-4,10H2,1H3;2*2-4H2,1H3;2*2,4,9-10H2,1H3;2H2,1H3,(H5,6,7,8,9);;2*1H4;;;;/q;;;;;;;;;;2*+1;2*-1/b2*7-6+;;;2*6-5-;;;;;;;;. The summed E-state index contributed by atoms with van der Waals surface area (Å²) in [5.41, 5.74) is 41.7. The number of nitrogens with two attached hydrogens (primary N) is 8. The van der Waals surface area contributed by atoms with E-state index in [0.717, 1.165) is 12.0 Å². The van der Waals surface area contributed by atoms with Crippen molar-refractivity contribution in [1.29, 1.82) is 31.6 Å². The fraction of sp³-hybridized carbons (Fsp3) is 0.481. The summed E-state index contributed by atoms with van der Waals surface area (Å²) in [6.45, 7) is 13.7. The van der Waals surface area contributed by atoms with E-state index in [2.05, 4.69) is 38.6 Å². The number of aliphatic hydroxyl groups excluding tert-OH is 2. The smallest absolute Gasteiger partial charge is 1.00 e. The first-order chi connectivity index (χ1) is 42.9. The predicted octanol–water partition coefficient (Wildman–Crippen LogP) is -7.29. The number of hydrogen-bond acceptors (Lipinski definition) is 37. The van der Waals surface area contributed by atoms with Crippen molar-refractivity contribution >= 4 is 53.6 Å². The third-order valence-corrected chi connectivity index (χ3v) is 8.61. The van der Waals surface area contributed by atoms with Gasteiger partial charge in [0.2, 0.25) is 22.9 Å². The largest absolute Gasteiger partial charge is 1.00 e. The van der Waals surface area contributed by atoms with Crippen molar-refractivity contribution < 1.29 is 211 Å². The van der Waals surface area contributed by atoms with Crippen LogP contribution in [0.1, 0.15) is 71.7 Å². The minimum atomic E-state index is -0.828. The molecule has 1 aromatic rings. The summed E-state index contributed by atoms with van der Waals surface area (Å²) >= 11 is 0. The zero-order valence-corrected chi connectivity index (χ0v) is 58.6. The van der Waals surface area contributed by atoms with Crippen molar-refractivity contribution in [1.82, 2.24) is 10.2 Å². The molecule has 2 fully saturated rings. The SMILES string of the molecule is C.C.CCOC(=O)/C(C#N)=C(\N)CN.CCOC(=O)/C(C#N)=C(\N)CN.CCOC(=O)/C(C#N)=C(\N)OCCO.CCOC(=O)/C(C#N)=C(\N)OCCO.CCOC(=O)C(C#N)=C1OCCO1.CCOC(=O)C(C#N)=C1OCCO1.CCc1c(N)n[nH]c1N.O=C=O.[H-].[H-].[K+].[K+]. The maximum absolute atomic E-state index is 11.1. The molecule has 19 N–H and O–H groups in total. The number of H-pyrrole nitrogens is 1. The number of esters is 6. The van der Waals surface area contributed by atoms with Gasteiger partial charge < -0.3 is 116 Å². The normalized spacial score (nSPS) is 11.2. The summed E-state index contributed by atoms with van der Waals surface area (Å²) in [5.74, 6) is -4.14. The van der Waals surface area contributed by atoms with Gasteiger partial charge in [-0.25, -0.2) is 28.8 Å². The number of nitrogen functional groups attached to an aromatic ring is 2. The molecule has 0 amide bonds. The van der Waals surface area contributed by atoms with Crippen LogP contribution in [0.25, 0.3) is 0 Å². The first kappa shape index (κ1) is 104. The Labute approximate surface area is 631 Å². The molecule has 514 valence electrons. The number of aromatic nitrogens is 2. The van der Waals surface area contributed by atoms with Crippen LogP contribution in [0, 0.1) is 68.0 Å². The Kier molecular flexibility index (Phi) is 76.4. The van der Waals surface area contributed by atoms with Crippen LogP contribution in [0.4, 0.5) is 11.6 Å². The van der Waals surface area contributed by atoms with E-state index in [0.29, 0.717) is 38.1 Å². The number of aromatic amines is 1. The van der Waals surface area contributed by atoms with Crippen LogP contribution >= 0.6 is 0 Å². The Bertz CT molecular complexity index is 2770. The Morgan fingerprint density at radius 1 is 0.489 bits per heavy atom. The average Bonchev–Trinajstić information content (AvgIpc) is 2.20. The van der Waals surface area contributed by atoms with E-state index in [1.54, 1.807) is 78.0 Å². The molecule has 0 aromatic carbocycles. The van der Waals surface area contributed by atoms with Gasteiger partial charge in [0, 0.05) is 30.0 Å². The van der Waals surface area contributed by atoms with Crippen molar-refractivity contribution in [3.8, 4) is 36.4 Å². The van der Waals surface area contributed by atoms with E-state index in [-0.39, 0.29) is 274 Å². The molecule has 0 spiro atoms. The molecular formula is C54H84K2N16O22. The first-order valence-corrected chi connectivity index (χ1v) is 25.8. The van der Waals surface area contributed by atoms with Crippen LogP contribution in [-0.4, -0.2) is 168 Å². The summed E-state index contributed by atoms with van der Waals surface area (Å²) in [7, 11) is 0. The van der Waals surface area contributed by atoms with Crippen molar-refractivity contribution in [3.05, 3.63) is 74.1 Å². The average molecular weight is 1390 g/mol. The van der Waals surface area contributed by atoms with Crippen LogP contribution < -0.4 is 149 Å². The number of carbonyl (C=O) groups is 6. The molecule has 2 aliphatic rings. The zero-order chi connectivity index (χ0) is 70.0. The zero-order valence-electron chi connectivity index (χ0n) is 54.3. The van der Waals surface area contributed by atoms with Gasteiger partial charge in [0.25, 0.3) is 0 Å². The molecule has 1 aromatic heterocycles. The molecule has 0 unspecified atom stereocenters. The molecule has 0 aliphatic carbocycles. The van der Waals surface area contributed by atoms with Crippen LogP contribution in [0.5, 0.6) is 0 Å². The topological polar surface area (TPSA) is 667 Å². The number of hydrogen-bond donors (Lipinski definition) is 11. The van der Waals surface area contributed by atoms with E-state index < -0.39 is 35.8 Å². The number of rotatable bonds is 21. The summed E-state index contributed by atoms with van der Waals surface area (Å²) < 4.78 is 56.5. The van der Waals surface area contributed by atoms with Crippen molar-refractivity contribution in [3.63, 3.8) is 0 Å². The second-order valence-corrected chi connectivity index (χ2v) is 14.5. The summed E-state index contributed by atoms with van der Waals surface area (Å²) in [5, 5.41) is 74.4. The maximum atomic E-state index is 11.1. The van der Waals surface area contributed by atoms with E-state index in [1.165, 1.54) is 0 Å². The van der Waals surface area contributed by atoms with Gasteiger partial charge in [-0.3, -0.25) is 5.10 Å². The first-order valence-electron chi connectivity index (χ1n) is 25.8. The molecule has 0 atom stereocenters. The van der Waals surface area contributed by atoms with Crippen molar-refractivity contribution in [2.45, 2.75) is 69.7 Å². The Balaban J connectivity index is -0.0000000961. The van der Waals surface area contributed by atoms with Crippen LogP contribution in [0.3, 0.4) is 0 Å². The van der Waals surface area contributed by atoms with E-state index in [4.69, 9.17) is 126 Å². The van der Waals surface area contributed by atoms with Gasteiger partial charge in [0.15, 0.2) is 28.1 Å². The van der Waals surface area contributed by atoms with Gasteiger partial charge in [0.1, 0.15) is 81.9 Å². The number of nitriles is 6. The number of ether oxygens (including phenoxy) is 12. The summed E-state index contributed by atoms with van der Waals surface area (Å²) in [6, 6.07) is 9.78. The second-order valence-electron chi connectivity index (χ2n) is 14.5. The third-order valence-electron chi connectivity index (χ3n) is 8.61. The van der Waals surface area contributed by atoms with Crippen LogP contribution in [-0.2, 0) is 102 Å². The van der Waals surface area contributed by atoms with Gasteiger partial charge >= 0.3 is 157 Å². The third kappa shape index (κ3) is 46.5. The molecule has 38 nitrogen and oxygen atoms in total. The summed E-state index contributed by atoms with van der Waals surface area (Å²) in [6.07, 6.45) is 1.08. The number of nitrogens with one attached hydrogen (secondary N) is 1. The molecule has 40 heteroatoms. The quantitative estimate of drug-likeness (QED) is 0.0136. The summed E-state index contributed by atoms with van der Waals surface area (Å²) in [4.78, 5) is 82.4. The van der Waals surface area contributed by atoms with Crippen LogP contribution in [0.15, 0.2) is 68.5 Å². The van der Waals surface area contributed by atoms with Gasteiger partial charge in [-0.2, -0.15) is 46.3 Å². The number of carbonyl (C=O) groups excluding carboxylic acids is 8. The Morgan fingerprint density at radius 2 is 0.745 bits per heavy atom. The van der Waals surface area contributed by atoms with Gasteiger partial charge in [-0.15, -0.1) is 0 Å². The minimum Gasteiger partial charge on any atom is -1.00 e. The Morgan fingerprint density at radius 3 is 0.926 bits per heavy atom. The van der Waals surface area contributed by atoms with E-state index in [9.17, 15) is 28.8 Å². The molecule has 0 bridgehead atoms. The number of nitrogens with zero attached hydrogens (tertiary/aromatic N) is 7. The molecule has 2 saturated heterocycles. The predicted molar refractivity (Wildman–Crippen MR) is 318 cm³/mol. The van der Waals surface area contributed by atoms with Crippen LogP contribution in [0.2, 0.25) is 0 Å². The van der Waals surface area contributed by atoms with Gasteiger partial charge in [-0.05, 0) is 48.0 Å². The van der Waals surface area contributed by atoms with E-state index in [1.807, 2.05) is 6.92 Å². The fourth-order valence-corrected chi connectivity index (χ4v) is 4.80. The van der Waals surface area contributed by atoms with Crippen molar-refractivity contribution in [2.75, 3.05) is 117 Å². The fourth-order valence-electron chi connectivity index (χ4n) is 4.80. The monoisotopic (exact) mass is 1390 g/mol. The van der Waals surface area contributed by atoms with E-state index >= 15 is 0 Å². The molecule has 3 heterocycles. The Hall–Kier alpha value is -8.50. The number of aliphatic hydroxyl groups is 2. The molecular weight excluding hydrogens is 1300 g/mol. The van der Waals surface area contributed by atoms with Crippen molar-refractivity contribution in [2.24, 2.45) is 34.4 Å². The molecule has 0 radical (unpaired) electrons. The van der Waals surface area contributed by atoms with Gasteiger partial charge in [-0.1, -0.05) is 21.8 Å². The minimum absolute atomic E-state index is 0. The molecule has 0 saturated carbocycles. The molecule has 3 rings (SSSR count). The maximum Gasteiger partial charge on any atom is 1.00 e. The second kappa shape index (κ2) is 68.9. The van der Waals surface area contributed by atoms with Gasteiger partial charge in [0.05, 0.1) is 52.9 Å². The number of anilines is 2. The molecule has 2 aliphatic heterocycles.